The Bertz CT molecular complexity index is 578. The van der Waals surface area contributed by atoms with E-state index >= 15 is 0 Å². The minimum Gasteiger partial charge on any atom is -0.458 e. The Morgan fingerprint density at radius 2 is 1.89 bits per heavy atom. The van der Waals surface area contributed by atoms with Gasteiger partial charge in [0.05, 0.1) is 0 Å². The van der Waals surface area contributed by atoms with Crippen LogP contribution in [0.3, 0.4) is 0 Å². The first-order valence-electron chi connectivity index (χ1n) is 5.79. The number of para-hydroxylation sites is 1. The van der Waals surface area contributed by atoms with Crippen LogP contribution < -0.4 is 4.74 Å². The summed E-state index contributed by atoms with van der Waals surface area (Å²) >= 11 is 0. The molecule has 18 heavy (non-hydrogen) atoms. The largest absolute Gasteiger partial charge is 0.458 e. The Labute approximate surface area is 105 Å². The maximum atomic E-state index is 11.1. The van der Waals surface area contributed by atoms with Crippen LogP contribution in [-0.4, -0.2) is 16.5 Å². The van der Waals surface area contributed by atoms with Crippen molar-refractivity contribution in [2.75, 3.05) is 0 Å². The predicted octanol–water partition coefficient (Wildman–Crippen LogP) is 1.93. The molecule has 0 bridgehead atoms. The predicted molar refractivity (Wildman–Crippen MR) is 67.1 cm³/mol. The van der Waals surface area contributed by atoms with Crippen LogP contribution in [0.15, 0.2) is 60.4 Å². The second-order valence-corrected chi connectivity index (χ2v) is 4.38. The van der Waals surface area contributed by atoms with Crippen molar-refractivity contribution in [2.45, 2.75) is 12.0 Å². The van der Waals surface area contributed by atoms with E-state index in [1.807, 2.05) is 30.3 Å². The number of hydrogen-bond acceptors (Lipinski definition) is 3. The van der Waals surface area contributed by atoms with Gasteiger partial charge in [-0.1, -0.05) is 18.2 Å². The molecular formula is C15H12O3. The molecule has 3 rings (SSSR count). The third-order valence-electron chi connectivity index (χ3n) is 3.10. The van der Waals surface area contributed by atoms with Crippen LogP contribution in [0.5, 0.6) is 5.75 Å². The van der Waals surface area contributed by atoms with Gasteiger partial charge in [0.1, 0.15) is 11.5 Å². The van der Waals surface area contributed by atoms with Crippen molar-refractivity contribution in [3.63, 3.8) is 0 Å². The van der Waals surface area contributed by atoms with Crippen LogP contribution in [0.4, 0.5) is 0 Å². The maximum absolute atomic E-state index is 11.1. The van der Waals surface area contributed by atoms with E-state index in [-0.39, 0.29) is 5.78 Å². The molecule has 0 atom stereocenters. The van der Waals surface area contributed by atoms with E-state index in [1.54, 1.807) is 0 Å². The van der Waals surface area contributed by atoms with Gasteiger partial charge < -0.3 is 9.84 Å². The summed E-state index contributed by atoms with van der Waals surface area (Å²) < 4.78 is 5.71. The quantitative estimate of drug-likeness (QED) is 0.816. The zero-order valence-electron chi connectivity index (χ0n) is 9.67. The van der Waals surface area contributed by atoms with Crippen molar-refractivity contribution in [3.05, 3.63) is 66.0 Å². The van der Waals surface area contributed by atoms with Gasteiger partial charge in [-0.3, -0.25) is 4.79 Å². The molecule has 0 radical (unpaired) electrons. The van der Waals surface area contributed by atoms with E-state index in [2.05, 4.69) is 0 Å². The molecule has 3 nitrogen and oxygen atoms in total. The van der Waals surface area contributed by atoms with Gasteiger partial charge in [-0.15, -0.1) is 0 Å². The number of rotatable bonds is 1. The summed E-state index contributed by atoms with van der Waals surface area (Å²) in [6, 6.07) is 7.70. The molecule has 0 spiro atoms. The Hall–Kier alpha value is -2.13. The summed E-state index contributed by atoms with van der Waals surface area (Å²) in [6.45, 7) is 0. The smallest absolute Gasteiger partial charge is 0.178 e. The van der Waals surface area contributed by atoms with Crippen molar-refractivity contribution in [2.24, 2.45) is 0 Å². The standard InChI is InChI=1S/C15H12O3/c16-12-7-9-15(17,10-8-12)14-6-5-11-3-1-2-4-13(11)18-14/h1-4,6-10,17H,5H2. The summed E-state index contributed by atoms with van der Waals surface area (Å²) in [7, 11) is 0. The summed E-state index contributed by atoms with van der Waals surface area (Å²) in [5, 5.41) is 10.4. The van der Waals surface area contributed by atoms with Gasteiger partial charge in [0.25, 0.3) is 0 Å². The molecule has 0 fully saturated rings. The van der Waals surface area contributed by atoms with Gasteiger partial charge in [-0.05, 0) is 48.4 Å². The number of ketones is 1. The Morgan fingerprint density at radius 1 is 1.17 bits per heavy atom. The van der Waals surface area contributed by atoms with Crippen molar-refractivity contribution in [1.82, 2.24) is 0 Å². The highest BCUT2D eigenvalue weighted by molar-refractivity contribution is 6.00. The summed E-state index contributed by atoms with van der Waals surface area (Å²) in [5.74, 6) is 1.07. The van der Waals surface area contributed by atoms with Crippen LogP contribution >= 0.6 is 0 Å². The van der Waals surface area contributed by atoms with E-state index in [1.165, 1.54) is 24.3 Å². The monoisotopic (exact) mass is 240 g/mol. The molecule has 0 saturated heterocycles. The van der Waals surface area contributed by atoms with E-state index in [9.17, 15) is 9.90 Å². The van der Waals surface area contributed by atoms with E-state index in [4.69, 9.17) is 4.74 Å². The minimum absolute atomic E-state index is 0.128. The molecular weight excluding hydrogens is 228 g/mol. The summed E-state index contributed by atoms with van der Waals surface area (Å²) in [4.78, 5) is 11.1. The van der Waals surface area contributed by atoms with E-state index < -0.39 is 5.60 Å². The molecule has 3 heteroatoms. The van der Waals surface area contributed by atoms with Gasteiger partial charge in [-0.2, -0.15) is 0 Å². The highest BCUT2D eigenvalue weighted by atomic mass is 16.5. The van der Waals surface area contributed by atoms with E-state index in [0.29, 0.717) is 12.2 Å². The van der Waals surface area contributed by atoms with Crippen LogP contribution in [0.25, 0.3) is 0 Å². The lowest BCUT2D eigenvalue weighted by atomic mass is 9.93. The Balaban J connectivity index is 1.92. The van der Waals surface area contributed by atoms with Gasteiger partial charge in [0.2, 0.25) is 0 Å². The molecule has 1 aromatic rings. The maximum Gasteiger partial charge on any atom is 0.178 e. The Kier molecular flexibility index (Phi) is 2.42. The lowest BCUT2D eigenvalue weighted by Crippen LogP contribution is -2.32. The highest BCUT2D eigenvalue weighted by Gasteiger charge is 2.32. The first-order valence-corrected chi connectivity index (χ1v) is 5.79. The SMILES string of the molecule is O=C1C=CC(O)(C2=CCc3ccccc3O2)C=C1. The number of hydrogen-bond donors (Lipinski definition) is 1. The van der Waals surface area contributed by atoms with Crippen LogP contribution in [0, 0.1) is 0 Å². The molecule has 1 aliphatic carbocycles. The molecule has 1 N–H and O–H groups in total. The lowest BCUT2D eigenvalue weighted by molar-refractivity contribution is -0.110. The van der Waals surface area contributed by atoms with Crippen LogP contribution in [-0.2, 0) is 11.2 Å². The zero-order chi connectivity index (χ0) is 12.6. The molecule has 0 saturated carbocycles. The van der Waals surface area contributed by atoms with E-state index in [0.717, 1.165) is 11.3 Å². The number of ether oxygens (including phenoxy) is 1. The molecule has 1 heterocycles. The minimum atomic E-state index is -1.32. The fourth-order valence-electron chi connectivity index (χ4n) is 2.07. The molecule has 0 aromatic heterocycles. The van der Waals surface area contributed by atoms with Crippen molar-refractivity contribution in [1.29, 1.82) is 0 Å². The number of aliphatic hydroxyl groups is 1. The van der Waals surface area contributed by atoms with Crippen molar-refractivity contribution < 1.29 is 14.6 Å². The van der Waals surface area contributed by atoms with Crippen molar-refractivity contribution in [3.8, 4) is 5.75 Å². The third-order valence-corrected chi connectivity index (χ3v) is 3.10. The van der Waals surface area contributed by atoms with Gasteiger partial charge in [0.15, 0.2) is 11.4 Å². The molecule has 90 valence electrons. The number of fused-ring (bicyclic) bond motifs is 1. The Morgan fingerprint density at radius 3 is 2.67 bits per heavy atom. The van der Waals surface area contributed by atoms with Crippen molar-refractivity contribution >= 4 is 5.78 Å². The second kappa shape index (κ2) is 3.96. The fraction of sp³-hybridized carbons (Fsp3) is 0.133. The molecule has 1 aliphatic heterocycles. The normalized spacial score (nSPS) is 20.1. The highest BCUT2D eigenvalue weighted by Crippen LogP contribution is 2.32. The average molecular weight is 240 g/mol. The third kappa shape index (κ3) is 1.79. The number of benzene rings is 1. The fourth-order valence-corrected chi connectivity index (χ4v) is 2.07. The molecule has 2 aliphatic rings. The molecule has 1 aromatic carbocycles. The molecule has 0 amide bonds. The number of carbonyl (C=O) groups excluding carboxylic acids is 1. The molecule has 0 unspecified atom stereocenters. The van der Waals surface area contributed by atoms with Crippen LogP contribution in [0.1, 0.15) is 5.56 Å². The number of carbonyl (C=O) groups is 1. The first kappa shape index (κ1) is 11.0. The zero-order valence-corrected chi connectivity index (χ0v) is 9.67. The summed E-state index contributed by atoms with van der Waals surface area (Å²) in [6.07, 6.45) is 8.16. The van der Waals surface area contributed by atoms with Gasteiger partial charge in [-0.25, -0.2) is 0 Å². The van der Waals surface area contributed by atoms with Gasteiger partial charge >= 0.3 is 0 Å². The number of allylic oxidation sites excluding steroid dienone is 3. The second-order valence-electron chi connectivity index (χ2n) is 4.38. The first-order chi connectivity index (χ1) is 8.67. The topological polar surface area (TPSA) is 46.5 Å². The van der Waals surface area contributed by atoms with Gasteiger partial charge in [0, 0.05) is 0 Å². The average Bonchev–Trinajstić information content (AvgIpc) is 2.42. The summed E-state index contributed by atoms with van der Waals surface area (Å²) in [5.41, 5.74) is -0.230. The lowest BCUT2D eigenvalue weighted by Gasteiger charge is -2.28. The van der Waals surface area contributed by atoms with Crippen LogP contribution in [0.2, 0.25) is 0 Å².